The van der Waals surface area contributed by atoms with Crippen molar-refractivity contribution < 1.29 is 9.90 Å². The molecule has 1 atom stereocenters. The van der Waals surface area contributed by atoms with Gasteiger partial charge in [0.2, 0.25) is 0 Å². The highest BCUT2D eigenvalue weighted by molar-refractivity contribution is 5.96. The molecule has 0 saturated carbocycles. The molecule has 0 spiro atoms. The third kappa shape index (κ3) is 2.28. The molecule has 5 nitrogen and oxygen atoms in total. The van der Waals surface area contributed by atoms with Gasteiger partial charge in [-0.15, -0.1) is 0 Å². The molecule has 102 valence electrons. The average molecular weight is 269 g/mol. The predicted octanol–water partition coefficient (Wildman–Crippen LogP) is 2.77. The smallest absolute Gasteiger partial charge is 0.329 e. The third-order valence-electron chi connectivity index (χ3n) is 3.48. The summed E-state index contributed by atoms with van der Waals surface area (Å²) >= 11 is 0. The van der Waals surface area contributed by atoms with Gasteiger partial charge in [0, 0.05) is 11.6 Å². The summed E-state index contributed by atoms with van der Waals surface area (Å²) in [5.41, 5.74) is 0.447. The first-order valence-corrected chi connectivity index (χ1v) is 6.31. The van der Waals surface area contributed by atoms with Gasteiger partial charge in [0.25, 0.3) is 0 Å². The number of para-hydroxylation sites is 1. The molecule has 0 radical (unpaired) electrons. The molecule has 5 heteroatoms. The van der Waals surface area contributed by atoms with E-state index in [9.17, 15) is 15.2 Å². The van der Waals surface area contributed by atoms with Crippen LogP contribution < -0.4 is 5.32 Å². The van der Waals surface area contributed by atoms with E-state index >= 15 is 0 Å². The summed E-state index contributed by atoms with van der Waals surface area (Å²) in [7, 11) is 0. The van der Waals surface area contributed by atoms with Gasteiger partial charge in [-0.05, 0) is 19.4 Å². The Hall–Kier alpha value is -2.61. The van der Waals surface area contributed by atoms with Crippen LogP contribution in [0.15, 0.2) is 30.5 Å². The van der Waals surface area contributed by atoms with Gasteiger partial charge >= 0.3 is 5.97 Å². The Balaban J connectivity index is 2.63. The van der Waals surface area contributed by atoms with Crippen LogP contribution in [0.5, 0.6) is 0 Å². The van der Waals surface area contributed by atoms with Gasteiger partial charge in [-0.3, -0.25) is 4.98 Å². The molecular formula is C15H15N3O2. The lowest BCUT2D eigenvalue weighted by molar-refractivity contribution is -0.141. The molecule has 0 aliphatic carbocycles. The average Bonchev–Trinajstić information content (AvgIpc) is 2.47. The number of nitriles is 1. The molecule has 2 rings (SSSR count). The highest BCUT2D eigenvalue weighted by Gasteiger charge is 2.32. The SMILES string of the molecule is CCC(C)(Nc1c(C#N)cnc2ccccc12)C(=O)O. The number of benzene rings is 1. The van der Waals surface area contributed by atoms with Gasteiger partial charge in [0.05, 0.1) is 16.8 Å². The standard InChI is InChI=1S/C15H15N3O2/c1-3-15(2,14(19)20)18-13-10(8-16)9-17-12-7-5-4-6-11(12)13/h4-7,9H,3H2,1-2H3,(H,17,18)(H,19,20). The molecule has 1 unspecified atom stereocenters. The van der Waals surface area contributed by atoms with Crippen molar-refractivity contribution in [2.24, 2.45) is 0 Å². The summed E-state index contributed by atoms with van der Waals surface area (Å²) in [5, 5.41) is 22.3. The van der Waals surface area contributed by atoms with E-state index in [0.717, 1.165) is 10.9 Å². The van der Waals surface area contributed by atoms with Gasteiger partial charge in [-0.1, -0.05) is 25.1 Å². The van der Waals surface area contributed by atoms with Crippen molar-refractivity contribution in [1.82, 2.24) is 4.98 Å². The number of carboxylic acid groups (broad SMARTS) is 1. The number of nitrogens with zero attached hydrogens (tertiary/aromatic N) is 2. The predicted molar refractivity (Wildman–Crippen MR) is 76.4 cm³/mol. The maximum atomic E-state index is 11.4. The van der Waals surface area contributed by atoms with Crippen LogP contribution in [-0.2, 0) is 4.79 Å². The number of aromatic nitrogens is 1. The van der Waals surface area contributed by atoms with Gasteiger partial charge in [-0.25, -0.2) is 4.79 Å². The summed E-state index contributed by atoms with van der Waals surface area (Å²) < 4.78 is 0. The number of rotatable bonds is 4. The Labute approximate surface area is 116 Å². The van der Waals surface area contributed by atoms with Crippen LogP contribution in [0.3, 0.4) is 0 Å². The minimum atomic E-state index is -1.13. The van der Waals surface area contributed by atoms with E-state index in [1.807, 2.05) is 24.3 Å². The van der Waals surface area contributed by atoms with Crippen molar-refractivity contribution in [2.75, 3.05) is 5.32 Å². The zero-order valence-corrected chi connectivity index (χ0v) is 11.3. The molecule has 1 heterocycles. The Bertz CT molecular complexity index is 706. The summed E-state index contributed by atoms with van der Waals surface area (Å²) in [6.07, 6.45) is 1.85. The maximum Gasteiger partial charge on any atom is 0.329 e. The summed E-state index contributed by atoms with van der Waals surface area (Å²) in [6.45, 7) is 3.39. The second-order valence-corrected chi connectivity index (χ2v) is 4.79. The van der Waals surface area contributed by atoms with E-state index in [1.165, 1.54) is 6.20 Å². The molecule has 0 fully saturated rings. The van der Waals surface area contributed by atoms with E-state index in [0.29, 0.717) is 17.7 Å². The highest BCUT2D eigenvalue weighted by atomic mass is 16.4. The summed E-state index contributed by atoms with van der Waals surface area (Å²) in [6, 6.07) is 9.39. The van der Waals surface area contributed by atoms with Gasteiger partial charge < -0.3 is 10.4 Å². The molecule has 0 amide bonds. The number of hydrogen-bond acceptors (Lipinski definition) is 4. The molecule has 0 bridgehead atoms. The Kier molecular flexibility index (Phi) is 3.57. The van der Waals surface area contributed by atoms with Crippen molar-refractivity contribution in [2.45, 2.75) is 25.8 Å². The lowest BCUT2D eigenvalue weighted by Crippen LogP contribution is -2.43. The number of anilines is 1. The van der Waals surface area contributed by atoms with Crippen LogP contribution in [0.1, 0.15) is 25.8 Å². The molecular weight excluding hydrogens is 254 g/mol. The van der Waals surface area contributed by atoms with Crippen molar-refractivity contribution in [3.8, 4) is 6.07 Å². The van der Waals surface area contributed by atoms with E-state index in [4.69, 9.17) is 0 Å². The number of pyridine rings is 1. The van der Waals surface area contributed by atoms with E-state index in [2.05, 4.69) is 16.4 Å². The monoisotopic (exact) mass is 269 g/mol. The van der Waals surface area contributed by atoms with Crippen LogP contribution in [0.25, 0.3) is 10.9 Å². The Morgan fingerprint density at radius 2 is 2.20 bits per heavy atom. The Morgan fingerprint density at radius 1 is 1.50 bits per heavy atom. The highest BCUT2D eigenvalue weighted by Crippen LogP contribution is 2.29. The fourth-order valence-electron chi connectivity index (χ4n) is 1.93. The zero-order valence-electron chi connectivity index (χ0n) is 11.3. The molecule has 0 aliphatic rings. The van der Waals surface area contributed by atoms with Gasteiger partial charge in [0.1, 0.15) is 11.6 Å². The molecule has 2 N–H and O–H groups in total. The number of carbonyl (C=O) groups is 1. The fourth-order valence-corrected chi connectivity index (χ4v) is 1.93. The van der Waals surface area contributed by atoms with Gasteiger partial charge in [-0.2, -0.15) is 5.26 Å². The van der Waals surface area contributed by atoms with E-state index < -0.39 is 11.5 Å². The Morgan fingerprint density at radius 3 is 2.80 bits per heavy atom. The maximum absolute atomic E-state index is 11.4. The van der Waals surface area contributed by atoms with Crippen molar-refractivity contribution in [3.05, 3.63) is 36.0 Å². The number of aliphatic carboxylic acids is 1. The number of fused-ring (bicyclic) bond motifs is 1. The number of nitrogens with one attached hydrogen (secondary N) is 1. The fraction of sp³-hybridized carbons (Fsp3) is 0.267. The quantitative estimate of drug-likeness (QED) is 0.891. The van der Waals surface area contributed by atoms with Crippen LogP contribution in [0.2, 0.25) is 0 Å². The van der Waals surface area contributed by atoms with Crippen molar-refractivity contribution in [3.63, 3.8) is 0 Å². The van der Waals surface area contributed by atoms with Crippen LogP contribution in [-0.4, -0.2) is 21.6 Å². The number of carboxylic acids is 1. The number of hydrogen-bond donors (Lipinski definition) is 2. The first-order chi connectivity index (χ1) is 9.51. The van der Waals surface area contributed by atoms with Crippen LogP contribution in [0, 0.1) is 11.3 Å². The van der Waals surface area contributed by atoms with E-state index in [-0.39, 0.29) is 0 Å². The third-order valence-corrected chi connectivity index (χ3v) is 3.48. The van der Waals surface area contributed by atoms with Crippen LogP contribution >= 0.6 is 0 Å². The minimum absolute atomic E-state index is 0.338. The first kappa shape index (κ1) is 13.8. The minimum Gasteiger partial charge on any atom is -0.480 e. The molecule has 0 saturated heterocycles. The largest absolute Gasteiger partial charge is 0.480 e. The lowest BCUT2D eigenvalue weighted by atomic mass is 9.97. The van der Waals surface area contributed by atoms with Crippen molar-refractivity contribution >= 4 is 22.6 Å². The topological polar surface area (TPSA) is 86.0 Å². The van der Waals surface area contributed by atoms with E-state index in [1.54, 1.807) is 13.8 Å². The van der Waals surface area contributed by atoms with Crippen molar-refractivity contribution in [1.29, 1.82) is 5.26 Å². The second-order valence-electron chi connectivity index (χ2n) is 4.79. The molecule has 1 aromatic carbocycles. The zero-order chi connectivity index (χ0) is 14.8. The summed E-state index contributed by atoms with van der Waals surface area (Å²) in [5.74, 6) is -0.954. The second kappa shape index (κ2) is 5.17. The van der Waals surface area contributed by atoms with Crippen LogP contribution in [0.4, 0.5) is 5.69 Å². The molecule has 0 aliphatic heterocycles. The summed E-state index contributed by atoms with van der Waals surface area (Å²) in [4.78, 5) is 15.6. The molecule has 1 aromatic heterocycles. The normalized spacial score (nSPS) is 13.4. The molecule has 2 aromatic rings. The molecule has 20 heavy (non-hydrogen) atoms. The first-order valence-electron chi connectivity index (χ1n) is 6.31. The van der Waals surface area contributed by atoms with Gasteiger partial charge in [0.15, 0.2) is 0 Å². The lowest BCUT2D eigenvalue weighted by Gasteiger charge is -2.27.